The number of hydrogen-bond donors (Lipinski definition) is 2. The molecule has 0 unspecified atom stereocenters. The van der Waals surface area contributed by atoms with Gasteiger partial charge in [0.2, 0.25) is 5.91 Å². The van der Waals surface area contributed by atoms with Gasteiger partial charge in [-0.15, -0.1) is 0 Å². The topological polar surface area (TPSA) is 67.4 Å². The van der Waals surface area contributed by atoms with Gasteiger partial charge in [0.05, 0.1) is 17.2 Å². The molecule has 0 aliphatic heterocycles. The zero-order valence-electron chi connectivity index (χ0n) is 14.1. The van der Waals surface area contributed by atoms with E-state index in [0.717, 1.165) is 5.75 Å². The molecule has 7 heteroatoms. The summed E-state index contributed by atoms with van der Waals surface area (Å²) in [6.07, 6.45) is 0.978. The second kappa shape index (κ2) is 10.7. The van der Waals surface area contributed by atoms with Crippen LogP contribution in [0.15, 0.2) is 48.5 Å². The van der Waals surface area contributed by atoms with E-state index in [-0.39, 0.29) is 11.8 Å². The van der Waals surface area contributed by atoms with Gasteiger partial charge < -0.3 is 15.4 Å². The van der Waals surface area contributed by atoms with Crippen molar-refractivity contribution < 1.29 is 14.3 Å². The van der Waals surface area contributed by atoms with Crippen LogP contribution in [0.2, 0.25) is 10.0 Å². The number of para-hydroxylation sites is 1. The van der Waals surface area contributed by atoms with Crippen molar-refractivity contribution in [2.75, 3.05) is 19.7 Å². The van der Waals surface area contributed by atoms with Crippen LogP contribution in [-0.4, -0.2) is 31.5 Å². The standard InChI is InChI=1S/C19H20Cl2N2O3/c20-14-8-9-17(21)16(13-14)19(25)23-11-10-22-18(24)7-4-12-26-15-5-2-1-3-6-15/h1-3,5-6,8-9,13H,4,7,10-12H2,(H,22,24)(H,23,25). The molecule has 0 atom stereocenters. The van der Waals surface area contributed by atoms with E-state index in [2.05, 4.69) is 10.6 Å². The molecule has 26 heavy (non-hydrogen) atoms. The van der Waals surface area contributed by atoms with E-state index in [4.69, 9.17) is 27.9 Å². The van der Waals surface area contributed by atoms with Crippen LogP contribution in [0.4, 0.5) is 0 Å². The summed E-state index contributed by atoms with van der Waals surface area (Å²) in [7, 11) is 0. The second-order valence-electron chi connectivity index (χ2n) is 5.50. The number of benzene rings is 2. The maximum atomic E-state index is 12.0. The van der Waals surface area contributed by atoms with Gasteiger partial charge in [0.1, 0.15) is 5.75 Å². The Kier molecular flexibility index (Phi) is 8.25. The Morgan fingerprint density at radius 3 is 2.46 bits per heavy atom. The van der Waals surface area contributed by atoms with Crippen molar-refractivity contribution in [3.63, 3.8) is 0 Å². The summed E-state index contributed by atoms with van der Waals surface area (Å²) in [6.45, 7) is 1.11. The quantitative estimate of drug-likeness (QED) is 0.637. The summed E-state index contributed by atoms with van der Waals surface area (Å²) in [5.74, 6) is 0.370. The number of halogens is 2. The normalized spacial score (nSPS) is 10.2. The second-order valence-corrected chi connectivity index (χ2v) is 6.34. The third kappa shape index (κ3) is 6.94. The van der Waals surface area contributed by atoms with Crippen molar-refractivity contribution in [1.82, 2.24) is 10.6 Å². The Bertz CT molecular complexity index is 739. The first-order chi connectivity index (χ1) is 12.6. The maximum Gasteiger partial charge on any atom is 0.252 e. The molecular formula is C19H20Cl2N2O3. The minimum absolute atomic E-state index is 0.0864. The highest BCUT2D eigenvalue weighted by Crippen LogP contribution is 2.20. The van der Waals surface area contributed by atoms with Crippen LogP contribution in [0.5, 0.6) is 5.75 Å². The number of hydrogen-bond acceptors (Lipinski definition) is 3. The third-order valence-corrected chi connectivity index (χ3v) is 4.03. The third-order valence-electron chi connectivity index (χ3n) is 3.47. The number of amides is 2. The predicted octanol–water partition coefficient (Wildman–Crippen LogP) is 3.70. The molecule has 2 aromatic rings. The summed E-state index contributed by atoms with van der Waals surface area (Å²) in [5.41, 5.74) is 0.309. The molecule has 5 nitrogen and oxygen atoms in total. The molecule has 0 aliphatic carbocycles. The molecule has 2 amide bonds. The molecule has 138 valence electrons. The molecule has 0 aromatic heterocycles. The van der Waals surface area contributed by atoms with Crippen molar-refractivity contribution in [3.8, 4) is 5.75 Å². The molecule has 0 bridgehead atoms. The largest absolute Gasteiger partial charge is 0.494 e. The van der Waals surface area contributed by atoms with Gasteiger partial charge in [-0.2, -0.15) is 0 Å². The molecule has 0 radical (unpaired) electrons. The Morgan fingerprint density at radius 1 is 0.962 bits per heavy atom. The summed E-state index contributed by atoms with van der Waals surface area (Å²) >= 11 is 11.8. The Morgan fingerprint density at radius 2 is 1.69 bits per heavy atom. The molecule has 2 aromatic carbocycles. The van der Waals surface area contributed by atoms with E-state index in [1.54, 1.807) is 12.1 Å². The maximum absolute atomic E-state index is 12.0. The number of nitrogens with one attached hydrogen (secondary N) is 2. The highest BCUT2D eigenvalue weighted by molar-refractivity contribution is 6.35. The molecule has 0 fully saturated rings. The molecule has 0 saturated carbocycles. The van der Waals surface area contributed by atoms with Gasteiger partial charge in [0.25, 0.3) is 5.91 Å². The van der Waals surface area contributed by atoms with E-state index in [9.17, 15) is 9.59 Å². The minimum Gasteiger partial charge on any atom is -0.494 e. The Balaban J connectivity index is 1.58. The lowest BCUT2D eigenvalue weighted by molar-refractivity contribution is -0.121. The molecule has 0 aliphatic rings. The van der Waals surface area contributed by atoms with Gasteiger partial charge in [-0.3, -0.25) is 9.59 Å². The van der Waals surface area contributed by atoms with E-state index >= 15 is 0 Å². The number of carbonyl (C=O) groups excluding carboxylic acids is 2. The monoisotopic (exact) mass is 394 g/mol. The lowest BCUT2D eigenvalue weighted by atomic mass is 10.2. The summed E-state index contributed by atoms with van der Waals surface area (Å²) < 4.78 is 5.52. The molecule has 0 saturated heterocycles. The molecule has 0 spiro atoms. The minimum atomic E-state index is -0.331. The molecule has 2 rings (SSSR count). The fourth-order valence-electron chi connectivity index (χ4n) is 2.17. The van der Waals surface area contributed by atoms with Gasteiger partial charge in [-0.1, -0.05) is 41.4 Å². The van der Waals surface area contributed by atoms with Crippen LogP contribution in [0.3, 0.4) is 0 Å². The summed E-state index contributed by atoms with van der Waals surface area (Å²) in [4.78, 5) is 23.8. The van der Waals surface area contributed by atoms with E-state index in [1.165, 1.54) is 6.07 Å². The van der Waals surface area contributed by atoms with Crippen LogP contribution >= 0.6 is 23.2 Å². The highest BCUT2D eigenvalue weighted by Gasteiger charge is 2.10. The zero-order chi connectivity index (χ0) is 18.8. The van der Waals surface area contributed by atoms with Crippen LogP contribution in [0.1, 0.15) is 23.2 Å². The smallest absolute Gasteiger partial charge is 0.252 e. The molecule has 2 N–H and O–H groups in total. The van der Waals surface area contributed by atoms with Gasteiger partial charge in [-0.05, 0) is 36.8 Å². The van der Waals surface area contributed by atoms with E-state index < -0.39 is 0 Å². The van der Waals surface area contributed by atoms with Crippen LogP contribution in [0.25, 0.3) is 0 Å². The molecule has 0 heterocycles. The number of ether oxygens (including phenoxy) is 1. The fourth-order valence-corrected chi connectivity index (χ4v) is 2.55. The molecular weight excluding hydrogens is 375 g/mol. The summed E-state index contributed by atoms with van der Waals surface area (Å²) in [6, 6.07) is 14.1. The average molecular weight is 395 g/mol. The predicted molar refractivity (Wildman–Crippen MR) is 103 cm³/mol. The van der Waals surface area contributed by atoms with Gasteiger partial charge in [0.15, 0.2) is 0 Å². The lowest BCUT2D eigenvalue weighted by Gasteiger charge is -2.09. The van der Waals surface area contributed by atoms with Gasteiger partial charge in [0, 0.05) is 24.5 Å². The average Bonchev–Trinajstić information content (AvgIpc) is 2.65. The van der Waals surface area contributed by atoms with Crippen molar-refractivity contribution in [2.45, 2.75) is 12.8 Å². The zero-order valence-corrected chi connectivity index (χ0v) is 15.6. The Labute approximate surface area is 162 Å². The lowest BCUT2D eigenvalue weighted by Crippen LogP contribution is -2.34. The van der Waals surface area contributed by atoms with Crippen LogP contribution in [0, 0.1) is 0 Å². The Hall–Kier alpha value is -2.24. The van der Waals surface area contributed by atoms with Crippen molar-refractivity contribution in [2.24, 2.45) is 0 Å². The summed E-state index contributed by atoms with van der Waals surface area (Å²) in [5, 5.41) is 6.20. The SMILES string of the molecule is O=C(CCCOc1ccccc1)NCCNC(=O)c1cc(Cl)ccc1Cl. The number of carbonyl (C=O) groups is 2. The van der Waals surface area contributed by atoms with Crippen molar-refractivity contribution >= 4 is 35.0 Å². The van der Waals surface area contributed by atoms with Gasteiger partial charge in [-0.25, -0.2) is 0 Å². The highest BCUT2D eigenvalue weighted by atomic mass is 35.5. The first-order valence-corrected chi connectivity index (χ1v) is 8.99. The van der Waals surface area contributed by atoms with Crippen LogP contribution in [-0.2, 0) is 4.79 Å². The van der Waals surface area contributed by atoms with E-state index in [0.29, 0.717) is 48.1 Å². The first kappa shape index (κ1) is 20.1. The van der Waals surface area contributed by atoms with E-state index in [1.807, 2.05) is 30.3 Å². The van der Waals surface area contributed by atoms with Crippen molar-refractivity contribution in [1.29, 1.82) is 0 Å². The fraction of sp³-hybridized carbons (Fsp3) is 0.263. The number of rotatable bonds is 9. The first-order valence-electron chi connectivity index (χ1n) is 8.24. The van der Waals surface area contributed by atoms with Crippen molar-refractivity contribution in [3.05, 3.63) is 64.1 Å². The van der Waals surface area contributed by atoms with Gasteiger partial charge >= 0.3 is 0 Å². The van der Waals surface area contributed by atoms with Crippen LogP contribution < -0.4 is 15.4 Å².